The van der Waals surface area contributed by atoms with Gasteiger partial charge in [-0.25, -0.2) is 0 Å². The first kappa shape index (κ1) is 9.47. The highest BCUT2D eigenvalue weighted by Gasteiger charge is 2.47. The molecule has 2 rings (SSSR count). The Morgan fingerprint density at radius 2 is 2.23 bits per heavy atom. The number of aliphatic hydroxyl groups excluding tert-OH is 1. The van der Waals surface area contributed by atoms with Gasteiger partial charge in [0.05, 0.1) is 0 Å². The molecule has 0 bridgehead atoms. The maximum atomic E-state index is 9.23. The second kappa shape index (κ2) is 3.25. The van der Waals surface area contributed by atoms with E-state index in [1.807, 2.05) is 0 Å². The number of fused-ring (bicyclic) bond motifs is 1. The summed E-state index contributed by atoms with van der Waals surface area (Å²) in [6.07, 6.45) is 5.14. The largest absolute Gasteiger partial charge is 0.396 e. The molecule has 2 nitrogen and oxygen atoms in total. The second-order valence-electron chi connectivity index (χ2n) is 5.23. The lowest BCUT2D eigenvalue weighted by Crippen LogP contribution is -2.51. The van der Waals surface area contributed by atoms with E-state index < -0.39 is 0 Å². The van der Waals surface area contributed by atoms with E-state index in [1.165, 1.54) is 32.2 Å². The zero-order valence-electron chi connectivity index (χ0n) is 8.79. The van der Waals surface area contributed by atoms with Gasteiger partial charge >= 0.3 is 0 Å². The van der Waals surface area contributed by atoms with Crippen molar-refractivity contribution in [2.75, 3.05) is 20.2 Å². The number of nitrogens with zero attached hydrogens (tertiary/aromatic N) is 1. The highest BCUT2D eigenvalue weighted by atomic mass is 16.3. The van der Waals surface area contributed by atoms with Crippen LogP contribution in [-0.2, 0) is 0 Å². The van der Waals surface area contributed by atoms with Crippen molar-refractivity contribution in [2.24, 2.45) is 11.3 Å². The molecule has 13 heavy (non-hydrogen) atoms. The van der Waals surface area contributed by atoms with Crippen LogP contribution in [0.5, 0.6) is 0 Å². The molecule has 2 aliphatic rings. The fourth-order valence-corrected chi connectivity index (χ4v) is 3.22. The molecule has 1 aliphatic carbocycles. The van der Waals surface area contributed by atoms with E-state index in [1.54, 1.807) is 0 Å². The normalized spacial score (nSPS) is 46.4. The SMILES string of the molecule is CN1CCC(CO)CC2(C)CCC12. The van der Waals surface area contributed by atoms with Gasteiger partial charge in [0.2, 0.25) is 0 Å². The molecular formula is C11H21NO. The molecule has 3 atom stereocenters. The van der Waals surface area contributed by atoms with E-state index in [4.69, 9.17) is 0 Å². The van der Waals surface area contributed by atoms with Crippen LogP contribution in [0.2, 0.25) is 0 Å². The molecule has 1 N–H and O–H groups in total. The van der Waals surface area contributed by atoms with Crippen LogP contribution in [0.15, 0.2) is 0 Å². The predicted octanol–water partition coefficient (Wildman–Crippen LogP) is 1.49. The highest BCUT2D eigenvalue weighted by Crippen LogP contribution is 2.50. The molecule has 0 radical (unpaired) electrons. The average molecular weight is 183 g/mol. The van der Waals surface area contributed by atoms with Crippen LogP contribution < -0.4 is 0 Å². The van der Waals surface area contributed by atoms with E-state index in [2.05, 4.69) is 18.9 Å². The summed E-state index contributed by atoms with van der Waals surface area (Å²) < 4.78 is 0. The zero-order valence-corrected chi connectivity index (χ0v) is 8.79. The summed E-state index contributed by atoms with van der Waals surface area (Å²) in [5, 5.41) is 9.23. The zero-order chi connectivity index (χ0) is 9.47. The number of rotatable bonds is 1. The quantitative estimate of drug-likeness (QED) is 0.666. The van der Waals surface area contributed by atoms with Gasteiger partial charge in [0, 0.05) is 12.6 Å². The average Bonchev–Trinajstić information content (AvgIpc) is 2.16. The van der Waals surface area contributed by atoms with Crippen molar-refractivity contribution in [3.05, 3.63) is 0 Å². The summed E-state index contributed by atoms with van der Waals surface area (Å²) >= 11 is 0. The lowest BCUT2D eigenvalue weighted by Gasteiger charge is -2.50. The maximum Gasteiger partial charge on any atom is 0.0459 e. The Labute approximate surface area is 80.9 Å². The van der Waals surface area contributed by atoms with Gasteiger partial charge < -0.3 is 10.0 Å². The van der Waals surface area contributed by atoms with E-state index in [0.717, 1.165) is 6.04 Å². The van der Waals surface area contributed by atoms with Crippen LogP contribution in [0.1, 0.15) is 32.6 Å². The van der Waals surface area contributed by atoms with Gasteiger partial charge in [0.1, 0.15) is 0 Å². The lowest BCUT2D eigenvalue weighted by molar-refractivity contribution is 0.00132. The molecule has 2 heteroatoms. The van der Waals surface area contributed by atoms with Crippen molar-refractivity contribution in [3.8, 4) is 0 Å². The molecule has 0 aromatic carbocycles. The van der Waals surface area contributed by atoms with Gasteiger partial charge in [-0.1, -0.05) is 6.92 Å². The molecule has 0 amide bonds. The van der Waals surface area contributed by atoms with Crippen molar-refractivity contribution in [1.29, 1.82) is 0 Å². The van der Waals surface area contributed by atoms with Gasteiger partial charge in [-0.15, -0.1) is 0 Å². The maximum absolute atomic E-state index is 9.23. The molecule has 0 aromatic heterocycles. The van der Waals surface area contributed by atoms with Gasteiger partial charge in [-0.2, -0.15) is 0 Å². The monoisotopic (exact) mass is 183 g/mol. The van der Waals surface area contributed by atoms with Gasteiger partial charge in [0.15, 0.2) is 0 Å². The van der Waals surface area contributed by atoms with E-state index >= 15 is 0 Å². The predicted molar refractivity (Wildman–Crippen MR) is 53.6 cm³/mol. The summed E-state index contributed by atoms with van der Waals surface area (Å²) in [6.45, 7) is 3.95. The number of hydrogen-bond donors (Lipinski definition) is 1. The fourth-order valence-electron chi connectivity index (χ4n) is 3.22. The summed E-state index contributed by atoms with van der Waals surface area (Å²) in [6, 6.07) is 0.795. The molecule has 1 saturated heterocycles. The standard InChI is InChI=1S/C11H21NO/c1-11-5-3-10(11)12(2)6-4-9(7-11)8-13/h9-10,13H,3-8H2,1-2H3. The van der Waals surface area contributed by atoms with Crippen LogP contribution in [0.3, 0.4) is 0 Å². The molecule has 76 valence electrons. The van der Waals surface area contributed by atoms with Crippen molar-refractivity contribution in [1.82, 2.24) is 4.90 Å². The number of hydrogen-bond acceptors (Lipinski definition) is 2. The van der Waals surface area contributed by atoms with E-state index in [-0.39, 0.29) is 0 Å². The van der Waals surface area contributed by atoms with Crippen LogP contribution in [0.4, 0.5) is 0 Å². The van der Waals surface area contributed by atoms with Crippen molar-refractivity contribution in [2.45, 2.75) is 38.6 Å². The molecular weight excluding hydrogens is 162 g/mol. The first-order valence-corrected chi connectivity index (χ1v) is 5.47. The number of aliphatic hydroxyl groups is 1. The Balaban J connectivity index is 2.08. The van der Waals surface area contributed by atoms with Crippen molar-refractivity contribution < 1.29 is 5.11 Å². The van der Waals surface area contributed by atoms with Crippen molar-refractivity contribution >= 4 is 0 Å². The molecule has 0 aromatic rings. The van der Waals surface area contributed by atoms with Crippen LogP contribution in [0, 0.1) is 11.3 Å². The van der Waals surface area contributed by atoms with Crippen molar-refractivity contribution in [3.63, 3.8) is 0 Å². The summed E-state index contributed by atoms with van der Waals surface area (Å²) in [5.74, 6) is 0.553. The Morgan fingerprint density at radius 3 is 2.77 bits per heavy atom. The van der Waals surface area contributed by atoms with Gasteiger partial charge in [-0.05, 0) is 50.6 Å². The first-order chi connectivity index (χ1) is 6.15. The smallest absolute Gasteiger partial charge is 0.0459 e. The third-order valence-corrected chi connectivity index (χ3v) is 4.23. The van der Waals surface area contributed by atoms with Crippen LogP contribution >= 0.6 is 0 Å². The molecule has 3 unspecified atom stereocenters. The summed E-state index contributed by atoms with van der Waals surface area (Å²) in [7, 11) is 2.24. The minimum Gasteiger partial charge on any atom is -0.396 e. The minimum atomic E-state index is 0.385. The number of likely N-dealkylation sites (tertiary alicyclic amines) is 1. The Morgan fingerprint density at radius 1 is 1.46 bits per heavy atom. The summed E-state index contributed by atoms with van der Waals surface area (Å²) in [5.41, 5.74) is 0.513. The van der Waals surface area contributed by atoms with Gasteiger partial charge in [0.25, 0.3) is 0 Å². The Hall–Kier alpha value is -0.0800. The third-order valence-electron chi connectivity index (χ3n) is 4.23. The third kappa shape index (κ3) is 1.50. The van der Waals surface area contributed by atoms with E-state index in [9.17, 15) is 5.11 Å². The van der Waals surface area contributed by atoms with Crippen LogP contribution in [-0.4, -0.2) is 36.2 Å². The van der Waals surface area contributed by atoms with Gasteiger partial charge in [-0.3, -0.25) is 0 Å². The molecule has 0 spiro atoms. The molecule has 1 saturated carbocycles. The minimum absolute atomic E-state index is 0.385. The molecule has 1 aliphatic heterocycles. The Kier molecular flexibility index (Phi) is 2.37. The molecule has 2 fully saturated rings. The van der Waals surface area contributed by atoms with E-state index in [0.29, 0.717) is 17.9 Å². The highest BCUT2D eigenvalue weighted by molar-refractivity contribution is 5.00. The summed E-state index contributed by atoms with van der Waals surface area (Å²) in [4.78, 5) is 2.50. The molecule has 1 heterocycles. The fraction of sp³-hybridized carbons (Fsp3) is 1.00. The lowest BCUT2D eigenvalue weighted by atomic mass is 9.62. The van der Waals surface area contributed by atoms with Crippen LogP contribution in [0.25, 0.3) is 0 Å². The second-order valence-corrected chi connectivity index (χ2v) is 5.23. The topological polar surface area (TPSA) is 23.5 Å². The Bertz CT molecular complexity index is 195. The first-order valence-electron chi connectivity index (χ1n) is 5.47.